The van der Waals surface area contributed by atoms with Gasteiger partial charge in [-0.15, -0.1) is 11.3 Å². The largest absolute Gasteiger partial charge is 0.337 e. The molecular weight excluding hydrogens is 334 g/mol. The standard InChI is InChI=1S/C19H25N3O2S/c1-11-8-12(2)10-21(9-11)19(24)16-13(3)15-17(25-16)20-14-6-4-5-7-22(14)18(15)23/h11-12H,4-10H2,1-3H3/t11-,12+. The smallest absolute Gasteiger partial charge is 0.264 e. The fourth-order valence-electron chi connectivity index (χ4n) is 4.41. The van der Waals surface area contributed by atoms with Crippen LogP contribution in [0.1, 0.15) is 54.2 Å². The van der Waals surface area contributed by atoms with Crippen molar-refractivity contribution in [1.82, 2.24) is 14.5 Å². The number of nitrogens with zero attached hydrogens (tertiary/aromatic N) is 3. The third kappa shape index (κ3) is 2.80. The summed E-state index contributed by atoms with van der Waals surface area (Å²) < 4.78 is 1.81. The summed E-state index contributed by atoms with van der Waals surface area (Å²) >= 11 is 1.40. The Balaban J connectivity index is 1.78. The van der Waals surface area contributed by atoms with Crippen LogP contribution in [0.5, 0.6) is 0 Å². The Bertz CT molecular complexity index is 888. The van der Waals surface area contributed by atoms with Crippen molar-refractivity contribution in [3.63, 3.8) is 0 Å². The summed E-state index contributed by atoms with van der Waals surface area (Å²) in [5.41, 5.74) is 0.849. The van der Waals surface area contributed by atoms with Gasteiger partial charge in [-0.25, -0.2) is 4.98 Å². The molecule has 0 radical (unpaired) electrons. The lowest BCUT2D eigenvalue weighted by Crippen LogP contribution is -2.42. The minimum atomic E-state index is 0.0351. The Morgan fingerprint density at radius 3 is 2.64 bits per heavy atom. The summed E-state index contributed by atoms with van der Waals surface area (Å²) in [6.45, 7) is 8.67. The summed E-state index contributed by atoms with van der Waals surface area (Å²) in [5.74, 6) is 2.00. The first-order chi connectivity index (χ1) is 12.0. The van der Waals surface area contributed by atoms with Crippen molar-refractivity contribution in [2.45, 2.75) is 53.0 Å². The van der Waals surface area contributed by atoms with Crippen molar-refractivity contribution in [3.8, 4) is 0 Å². The van der Waals surface area contributed by atoms with Gasteiger partial charge in [-0.3, -0.25) is 14.2 Å². The molecule has 5 nitrogen and oxygen atoms in total. The van der Waals surface area contributed by atoms with Crippen molar-refractivity contribution >= 4 is 27.5 Å². The van der Waals surface area contributed by atoms with Gasteiger partial charge in [0.2, 0.25) is 0 Å². The molecule has 2 aromatic heterocycles. The molecule has 1 amide bonds. The topological polar surface area (TPSA) is 55.2 Å². The first-order valence-corrected chi connectivity index (χ1v) is 10.1. The number of carbonyl (C=O) groups excluding carboxylic acids is 1. The maximum atomic E-state index is 13.1. The van der Waals surface area contributed by atoms with Gasteiger partial charge in [-0.1, -0.05) is 13.8 Å². The van der Waals surface area contributed by atoms with E-state index in [4.69, 9.17) is 4.98 Å². The lowest BCUT2D eigenvalue weighted by atomic mass is 9.92. The second-order valence-electron chi connectivity index (χ2n) is 7.83. The maximum absolute atomic E-state index is 13.1. The molecular formula is C19H25N3O2S. The molecule has 0 aliphatic carbocycles. The van der Waals surface area contributed by atoms with E-state index in [-0.39, 0.29) is 11.5 Å². The lowest BCUT2D eigenvalue weighted by molar-refractivity contribution is 0.0627. The fraction of sp³-hybridized carbons (Fsp3) is 0.632. The number of fused-ring (bicyclic) bond motifs is 2. The first-order valence-electron chi connectivity index (χ1n) is 9.27. The van der Waals surface area contributed by atoms with Crippen LogP contribution in [0.4, 0.5) is 0 Å². The Kier molecular flexibility index (Phi) is 4.18. The van der Waals surface area contributed by atoms with Gasteiger partial charge in [0.15, 0.2) is 0 Å². The third-order valence-electron chi connectivity index (χ3n) is 5.51. The van der Waals surface area contributed by atoms with E-state index in [2.05, 4.69) is 13.8 Å². The van der Waals surface area contributed by atoms with Crippen LogP contribution in [0.3, 0.4) is 0 Å². The van der Waals surface area contributed by atoms with E-state index in [1.807, 2.05) is 16.4 Å². The number of likely N-dealkylation sites (tertiary alicyclic amines) is 1. The second-order valence-corrected chi connectivity index (χ2v) is 8.83. The summed E-state index contributed by atoms with van der Waals surface area (Å²) in [6.07, 6.45) is 4.13. The molecule has 25 heavy (non-hydrogen) atoms. The summed E-state index contributed by atoms with van der Waals surface area (Å²) in [6, 6.07) is 0. The van der Waals surface area contributed by atoms with E-state index in [1.54, 1.807) is 0 Å². The Hall–Kier alpha value is -1.69. The highest BCUT2D eigenvalue weighted by molar-refractivity contribution is 7.20. The molecule has 0 saturated carbocycles. The van der Waals surface area contributed by atoms with Crippen LogP contribution in [-0.2, 0) is 13.0 Å². The molecule has 2 aliphatic rings. The van der Waals surface area contributed by atoms with Gasteiger partial charge >= 0.3 is 0 Å². The van der Waals surface area contributed by atoms with E-state index in [0.717, 1.165) is 55.1 Å². The Morgan fingerprint density at radius 1 is 1.20 bits per heavy atom. The number of piperidine rings is 1. The van der Waals surface area contributed by atoms with Crippen LogP contribution in [-0.4, -0.2) is 33.4 Å². The molecule has 2 atom stereocenters. The molecule has 0 N–H and O–H groups in total. The molecule has 134 valence electrons. The highest BCUT2D eigenvalue weighted by atomic mass is 32.1. The van der Waals surface area contributed by atoms with Gasteiger partial charge in [0, 0.05) is 26.1 Å². The van der Waals surface area contributed by atoms with E-state index in [1.165, 1.54) is 17.8 Å². The molecule has 0 unspecified atom stereocenters. The molecule has 2 aliphatic heterocycles. The van der Waals surface area contributed by atoms with Gasteiger partial charge in [-0.2, -0.15) is 0 Å². The molecule has 0 spiro atoms. The van der Waals surface area contributed by atoms with E-state index in [0.29, 0.717) is 22.1 Å². The first kappa shape index (κ1) is 16.8. The second kappa shape index (κ2) is 6.24. The SMILES string of the molecule is Cc1c(C(=O)N2C[C@H](C)C[C@H](C)C2)sc2nc3n(c(=O)c12)CCCC3. The van der Waals surface area contributed by atoms with Crippen molar-refractivity contribution in [2.75, 3.05) is 13.1 Å². The summed E-state index contributed by atoms with van der Waals surface area (Å²) in [5, 5.41) is 0.650. The molecule has 4 rings (SSSR count). The number of rotatable bonds is 1. The number of thiophene rings is 1. The minimum absolute atomic E-state index is 0.0351. The van der Waals surface area contributed by atoms with Crippen LogP contribution in [0.2, 0.25) is 0 Å². The lowest BCUT2D eigenvalue weighted by Gasteiger charge is -2.34. The van der Waals surface area contributed by atoms with E-state index < -0.39 is 0 Å². The van der Waals surface area contributed by atoms with Crippen LogP contribution in [0.25, 0.3) is 10.2 Å². The number of aryl methyl sites for hydroxylation is 2. The van der Waals surface area contributed by atoms with Gasteiger partial charge < -0.3 is 4.90 Å². The highest BCUT2D eigenvalue weighted by Gasteiger charge is 2.29. The highest BCUT2D eigenvalue weighted by Crippen LogP contribution is 2.31. The molecule has 2 aromatic rings. The van der Waals surface area contributed by atoms with Gasteiger partial charge in [0.05, 0.1) is 10.3 Å². The molecule has 4 heterocycles. The maximum Gasteiger partial charge on any atom is 0.264 e. The summed E-state index contributed by atoms with van der Waals surface area (Å²) in [7, 11) is 0. The van der Waals surface area contributed by atoms with Crippen LogP contribution in [0.15, 0.2) is 4.79 Å². The predicted molar refractivity (Wildman–Crippen MR) is 100 cm³/mol. The number of hydrogen-bond acceptors (Lipinski definition) is 4. The Labute approximate surface area is 151 Å². The normalized spacial score (nSPS) is 23.7. The zero-order valence-electron chi connectivity index (χ0n) is 15.2. The molecule has 6 heteroatoms. The molecule has 0 aromatic carbocycles. The van der Waals surface area contributed by atoms with Crippen LogP contribution >= 0.6 is 11.3 Å². The number of hydrogen-bond donors (Lipinski definition) is 0. The fourth-order valence-corrected chi connectivity index (χ4v) is 5.57. The van der Waals surface area contributed by atoms with E-state index in [9.17, 15) is 9.59 Å². The number of amides is 1. The quantitative estimate of drug-likeness (QED) is 0.785. The van der Waals surface area contributed by atoms with Gasteiger partial charge in [-0.05, 0) is 43.6 Å². The van der Waals surface area contributed by atoms with Crippen LogP contribution in [0, 0.1) is 18.8 Å². The average Bonchev–Trinajstić information content (AvgIpc) is 2.90. The molecule has 1 fully saturated rings. The zero-order valence-corrected chi connectivity index (χ0v) is 16.0. The molecule has 1 saturated heterocycles. The predicted octanol–water partition coefficient (Wildman–Crippen LogP) is 3.22. The van der Waals surface area contributed by atoms with Gasteiger partial charge in [0.1, 0.15) is 10.7 Å². The minimum Gasteiger partial charge on any atom is -0.337 e. The van der Waals surface area contributed by atoms with Crippen molar-refractivity contribution in [3.05, 3.63) is 26.6 Å². The number of aromatic nitrogens is 2. The summed E-state index contributed by atoms with van der Waals surface area (Å²) in [4.78, 5) is 34.2. The van der Waals surface area contributed by atoms with Crippen molar-refractivity contribution in [2.24, 2.45) is 11.8 Å². The van der Waals surface area contributed by atoms with Crippen LogP contribution < -0.4 is 5.56 Å². The van der Waals surface area contributed by atoms with Crippen molar-refractivity contribution in [1.29, 1.82) is 0 Å². The third-order valence-corrected chi connectivity index (χ3v) is 6.69. The van der Waals surface area contributed by atoms with Gasteiger partial charge in [0.25, 0.3) is 11.5 Å². The van der Waals surface area contributed by atoms with E-state index >= 15 is 0 Å². The monoisotopic (exact) mass is 359 g/mol. The van der Waals surface area contributed by atoms with Crippen molar-refractivity contribution < 1.29 is 4.79 Å². The molecule has 0 bridgehead atoms. The zero-order chi connectivity index (χ0) is 17.7. The average molecular weight is 359 g/mol. The Morgan fingerprint density at radius 2 is 1.92 bits per heavy atom. The number of carbonyl (C=O) groups is 1.